The molecule has 0 aliphatic carbocycles. The molecule has 0 saturated carbocycles. The number of nitrogens with two attached hydrogens (primary N) is 2. The van der Waals surface area contributed by atoms with Gasteiger partial charge in [-0.05, 0) is 19.4 Å². The predicted molar refractivity (Wildman–Crippen MR) is 47.8 cm³/mol. The summed E-state index contributed by atoms with van der Waals surface area (Å²) >= 11 is 0. The molecule has 0 aromatic rings. The van der Waals surface area contributed by atoms with E-state index in [0.29, 0.717) is 19.4 Å². The maximum absolute atomic E-state index is 10.4. The Morgan fingerprint density at radius 3 is 2.31 bits per heavy atom. The van der Waals surface area contributed by atoms with Crippen molar-refractivity contribution < 1.29 is 19.9 Å². The standard InChI is InChI=1S/C6H15BN2O4/c8-3-1-2-4(7(12)13)5(9)6(10)11/h4-5,12-13H,1-3,8-9H2,(H,10,11)/t4?,5-/m0/s1. The van der Waals surface area contributed by atoms with Crippen molar-refractivity contribution in [1.82, 2.24) is 0 Å². The summed E-state index contributed by atoms with van der Waals surface area (Å²) < 4.78 is 0. The van der Waals surface area contributed by atoms with Gasteiger partial charge in [0.25, 0.3) is 0 Å². The Morgan fingerprint density at radius 2 is 2.00 bits per heavy atom. The minimum atomic E-state index is -1.71. The molecule has 0 aromatic heterocycles. The van der Waals surface area contributed by atoms with Gasteiger partial charge in [0.2, 0.25) is 0 Å². The van der Waals surface area contributed by atoms with E-state index in [4.69, 9.17) is 26.6 Å². The van der Waals surface area contributed by atoms with Crippen LogP contribution in [0, 0.1) is 0 Å². The molecule has 0 heterocycles. The number of carboxylic acid groups (broad SMARTS) is 1. The van der Waals surface area contributed by atoms with Crippen LogP contribution in [0.3, 0.4) is 0 Å². The molecule has 76 valence electrons. The fraction of sp³-hybridized carbons (Fsp3) is 0.833. The van der Waals surface area contributed by atoms with Gasteiger partial charge in [0.05, 0.1) is 0 Å². The first-order chi connectivity index (χ1) is 6.00. The van der Waals surface area contributed by atoms with E-state index < -0.39 is 24.9 Å². The van der Waals surface area contributed by atoms with Crippen molar-refractivity contribution in [3.8, 4) is 0 Å². The van der Waals surface area contributed by atoms with Crippen molar-refractivity contribution >= 4 is 13.1 Å². The van der Waals surface area contributed by atoms with Crippen molar-refractivity contribution in [1.29, 1.82) is 0 Å². The Bertz CT molecular complexity index is 167. The van der Waals surface area contributed by atoms with E-state index in [0.717, 1.165) is 0 Å². The quantitative estimate of drug-likeness (QED) is 0.307. The second-order valence-corrected chi connectivity index (χ2v) is 2.87. The maximum Gasteiger partial charge on any atom is 0.456 e. The van der Waals surface area contributed by atoms with Crippen LogP contribution < -0.4 is 11.5 Å². The van der Waals surface area contributed by atoms with E-state index in [2.05, 4.69) is 0 Å². The highest BCUT2D eigenvalue weighted by atomic mass is 16.4. The van der Waals surface area contributed by atoms with E-state index >= 15 is 0 Å². The second-order valence-electron chi connectivity index (χ2n) is 2.87. The van der Waals surface area contributed by atoms with Crippen LogP contribution in [-0.4, -0.2) is 40.8 Å². The van der Waals surface area contributed by atoms with Crippen molar-refractivity contribution in [2.45, 2.75) is 24.7 Å². The molecule has 2 atom stereocenters. The molecule has 7 heteroatoms. The lowest BCUT2D eigenvalue weighted by molar-refractivity contribution is -0.138. The fourth-order valence-corrected chi connectivity index (χ4v) is 1.05. The van der Waals surface area contributed by atoms with Crippen LogP contribution in [0.15, 0.2) is 0 Å². The third-order valence-corrected chi connectivity index (χ3v) is 1.87. The molecule has 6 nitrogen and oxygen atoms in total. The van der Waals surface area contributed by atoms with Crippen molar-refractivity contribution in [3.63, 3.8) is 0 Å². The van der Waals surface area contributed by atoms with Crippen molar-refractivity contribution in [3.05, 3.63) is 0 Å². The van der Waals surface area contributed by atoms with Gasteiger partial charge in [-0.15, -0.1) is 0 Å². The van der Waals surface area contributed by atoms with E-state index in [1.165, 1.54) is 0 Å². The number of hydrogen-bond donors (Lipinski definition) is 5. The molecule has 0 aromatic carbocycles. The van der Waals surface area contributed by atoms with Crippen LogP contribution in [0.1, 0.15) is 12.8 Å². The summed E-state index contributed by atoms with van der Waals surface area (Å²) in [5, 5.41) is 26.2. The average molecular weight is 190 g/mol. The zero-order valence-electron chi connectivity index (χ0n) is 7.26. The van der Waals surface area contributed by atoms with E-state index in [-0.39, 0.29) is 0 Å². The molecular formula is C6H15BN2O4. The van der Waals surface area contributed by atoms with Gasteiger partial charge < -0.3 is 26.6 Å². The zero-order chi connectivity index (χ0) is 10.4. The summed E-state index contributed by atoms with van der Waals surface area (Å²) in [4.78, 5) is 10.4. The number of hydrogen-bond acceptors (Lipinski definition) is 5. The van der Waals surface area contributed by atoms with Gasteiger partial charge in [-0.3, -0.25) is 4.79 Å². The van der Waals surface area contributed by atoms with Gasteiger partial charge in [0.15, 0.2) is 0 Å². The minimum Gasteiger partial charge on any atom is -0.480 e. The van der Waals surface area contributed by atoms with Gasteiger partial charge in [0, 0.05) is 5.82 Å². The third kappa shape index (κ3) is 4.23. The number of carbonyl (C=O) groups is 1. The molecule has 1 unspecified atom stereocenters. The Morgan fingerprint density at radius 1 is 1.46 bits per heavy atom. The van der Waals surface area contributed by atoms with Gasteiger partial charge in [-0.25, -0.2) is 0 Å². The monoisotopic (exact) mass is 190 g/mol. The van der Waals surface area contributed by atoms with Gasteiger partial charge in [-0.2, -0.15) is 0 Å². The third-order valence-electron chi connectivity index (χ3n) is 1.87. The first kappa shape index (κ1) is 12.4. The van der Waals surface area contributed by atoms with Gasteiger partial charge >= 0.3 is 13.1 Å². The summed E-state index contributed by atoms with van der Waals surface area (Å²) in [6.07, 6.45) is 0.810. The molecule has 0 amide bonds. The highest BCUT2D eigenvalue weighted by Gasteiger charge is 2.33. The molecule has 0 radical (unpaired) electrons. The smallest absolute Gasteiger partial charge is 0.456 e. The molecule has 7 N–H and O–H groups in total. The molecule has 13 heavy (non-hydrogen) atoms. The van der Waals surface area contributed by atoms with Crippen LogP contribution in [0.4, 0.5) is 0 Å². The van der Waals surface area contributed by atoms with E-state index in [1.54, 1.807) is 0 Å². The molecule has 0 saturated heterocycles. The van der Waals surface area contributed by atoms with Gasteiger partial charge in [-0.1, -0.05) is 0 Å². The lowest BCUT2D eigenvalue weighted by atomic mass is 9.66. The van der Waals surface area contributed by atoms with Gasteiger partial charge in [0.1, 0.15) is 6.04 Å². The van der Waals surface area contributed by atoms with Crippen LogP contribution >= 0.6 is 0 Å². The van der Waals surface area contributed by atoms with Crippen LogP contribution in [-0.2, 0) is 4.79 Å². The number of aliphatic carboxylic acids is 1. The normalized spacial score (nSPS) is 15.1. The zero-order valence-corrected chi connectivity index (χ0v) is 7.26. The van der Waals surface area contributed by atoms with E-state index in [1.807, 2.05) is 0 Å². The summed E-state index contributed by atoms with van der Waals surface area (Å²) in [6, 6.07) is -1.26. The molecule has 0 aliphatic heterocycles. The molecular weight excluding hydrogens is 175 g/mol. The first-order valence-corrected chi connectivity index (χ1v) is 4.05. The average Bonchev–Trinajstić information content (AvgIpc) is 2.04. The lowest BCUT2D eigenvalue weighted by Gasteiger charge is -2.18. The Balaban J connectivity index is 4.15. The number of carboxylic acids is 1. The largest absolute Gasteiger partial charge is 0.480 e. The Hall–Kier alpha value is -0.625. The number of rotatable bonds is 6. The minimum absolute atomic E-state index is 0.293. The predicted octanol–water partition coefficient (Wildman–Crippen LogP) is -2.02. The Labute approximate surface area is 76.7 Å². The molecule has 0 rings (SSSR count). The summed E-state index contributed by atoms with van der Waals surface area (Å²) in [5.74, 6) is -2.10. The maximum atomic E-state index is 10.4. The first-order valence-electron chi connectivity index (χ1n) is 4.05. The van der Waals surface area contributed by atoms with Crippen LogP contribution in [0.25, 0.3) is 0 Å². The molecule has 0 aliphatic rings. The topological polar surface area (TPSA) is 130 Å². The van der Waals surface area contributed by atoms with Crippen molar-refractivity contribution in [2.24, 2.45) is 11.5 Å². The SMILES string of the molecule is NCCCC(B(O)O)[C@H](N)C(=O)O. The van der Waals surface area contributed by atoms with Crippen molar-refractivity contribution in [2.75, 3.05) is 6.54 Å². The Kier molecular flexibility index (Phi) is 5.64. The second kappa shape index (κ2) is 5.93. The summed E-state index contributed by atoms with van der Waals surface area (Å²) in [7, 11) is -1.71. The van der Waals surface area contributed by atoms with Crippen LogP contribution in [0.5, 0.6) is 0 Å². The summed E-state index contributed by atoms with van der Waals surface area (Å²) in [6.45, 7) is 0.371. The molecule has 0 spiro atoms. The fourth-order valence-electron chi connectivity index (χ4n) is 1.05. The summed E-state index contributed by atoms with van der Waals surface area (Å²) in [5.41, 5.74) is 10.4. The molecule has 0 fully saturated rings. The lowest BCUT2D eigenvalue weighted by Crippen LogP contribution is -2.42. The highest BCUT2D eigenvalue weighted by molar-refractivity contribution is 6.44. The van der Waals surface area contributed by atoms with Crippen LogP contribution in [0.2, 0.25) is 5.82 Å². The highest BCUT2D eigenvalue weighted by Crippen LogP contribution is 2.18. The molecule has 0 bridgehead atoms. The van der Waals surface area contributed by atoms with E-state index in [9.17, 15) is 4.79 Å².